The minimum absolute atomic E-state index is 0.124. The molecule has 1 saturated carbocycles. The second-order valence-electron chi connectivity index (χ2n) is 10.4. The number of nitrogens with one attached hydrogen (secondary N) is 1. The lowest BCUT2D eigenvalue weighted by atomic mass is 9.91. The molecule has 0 aromatic heterocycles. The normalized spacial score (nSPS) is 14.4. The molecule has 0 saturated heterocycles. The van der Waals surface area contributed by atoms with Crippen molar-refractivity contribution in [2.45, 2.75) is 57.5 Å². The first-order valence-corrected chi connectivity index (χ1v) is 13.6. The molecule has 0 bridgehead atoms. The molecule has 1 fully saturated rings. The number of fused-ring (bicyclic) bond motifs is 1. The number of rotatable bonds is 8. The van der Waals surface area contributed by atoms with Gasteiger partial charge >= 0.3 is 0 Å². The molecule has 0 radical (unpaired) electrons. The first kappa shape index (κ1) is 26.4. The Bertz CT molecular complexity index is 1490. The molecule has 6 N–H and O–H groups in total. The molecule has 1 aliphatic carbocycles. The fourth-order valence-electron chi connectivity index (χ4n) is 5.49. The van der Waals surface area contributed by atoms with Crippen molar-refractivity contribution < 1.29 is 25.5 Å². The maximum Gasteiger partial charge on any atom is 0.169 e. The van der Waals surface area contributed by atoms with E-state index in [1.165, 1.54) is 55.9 Å². The molecule has 0 unspecified atom stereocenters. The lowest BCUT2D eigenvalue weighted by molar-refractivity contribution is 0.372. The Labute approximate surface area is 228 Å². The molecule has 0 amide bonds. The summed E-state index contributed by atoms with van der Waals surface area (Å²) in [4.78, 5) is 0. The van der Waals surface area contributed by atoms with Gasteiger partial charge in [0.05, 0.1) is 5.39 Å². The van der Waals surface area contributed by atoms with Crippen LogP contribution < -0.4 is 5.32 Å². The van der Waals surface area contributed by atoms with Gasteiger partial charge in [0.25, 0.3) is 0 Å². The van der Waals surface area contributed by atoms with Crippen LogP contribution in [0.4, 0.5) is 0 Å². The zero-order chi connectivity index (χ0) is 27.4. The smallest absolute Gasteiger partial charge is 0.169 e. The van der Waals surface area contributed by atoms with Crippen molar-refractivity contribution in [2.24, 2.45) is 0 Å². The van der Waals surface area contributed by atoms with Crippen molar-refractivity contribution in [3.8, 4) is 28.7 Å². The van der Waals surface area contributed by atoms with E-state index in [1.54, 1.807) is 30.4 Å². The number of hydrogen-bond acceptors (Lipinski definition) is 6. The van der Waals surface area contributed by atoms with E-state index in [0.29, 0.717) is 41.0 Å². The number of phenols is 5. The predicted molar refractivity (Wildman–Crippen MR) is 155 cm³/mol. The molecule has 4 aromatic rings. The van der Waals surface area contributed by atoms with Crippen LogP contribution in [0.3, 0.4) is 0 Å². The summed E-state index contributed by atoms with van der Waals surface area (Å²) in [7, 11) is 0. The van der Waals surface area contributed by atoms with Crippen molar-refractivity contribution in [1.82, 2.24) is 5.32 Å². The van der Waals surface area contributed by atoms with E-state index in [1.807, 2.05) is 0 Å². The van der Waals surface area contributed by atoms with Gasteiger partial charge in [-0.25, -0.2) is 0 Å². The van der Waals surface area contributed by atoms with Crippen molar-refractivity contribution >= 4 is 22.9 Å². The fraction of sp³-hybridized carbons (Fsp3) is 0.273. The molecule has 0 spiro atoms. The summed E-state index contributed by atoms with van der Waals surface area (Å²) >= 11 is 0. The zero-order valence-corrected chi connectivity index (χ0v) is 21.9. The van der Waals surface area contributed by atoms with Crippen molar-refractivity contribution in [3.05, 3.63) is 88.5 Å². The van der Waals surface area contributed by atoms with Crippen molar-refractivity contribution in [1.29, 1.82) is 0 Å². The Kier molecular flexibility index (Phi) is 7.94. The van der Waals surface area contributed by atoms with Crippen molar-refractivity contribution in [2.75, 3.05) is 0 Å². The second-order valence-corrected chi connectivity index (χ2v) is 10.4. The van der Waals surface area contributed by atoms with E-state index in [9.17, 15) is 25.5 Å². The Hall–Kier alpha value is -4.16. The van der Waals surface area contributed by atoms with E-state index in [-0.39, 0.29) is 34.1 Å². The molecule has 202 valence electrons. The van der Waals surface area contributed by atoms with Gasteiger partial charge < -0.3 is 30.8 Å². The number of aryl methyl sites for hydroxylation is 1. The van der Waals surface area contributed by atoms with E-state index in [0.717, 1.165) is 12.1 Å². The standard InChI is InChI=1S/C33H35NO5/c35-28-18-15-22(19-30(28)37)14-16-25-26-7-4-8-29(36)31(26)33(39)32(38)27(25)17-13-21-9-11-23(12-10-21)20-34-24-5-2-1-3-6-24/h4,7-12,14-16,18-19,24,34-39H,1-3,5-6,13,17,20H2. The average Bonchev–Trinajstić information content (AvgIpc) is 2.95. The van der Waals surface area contributed by atoms with Crippen LogP contribution >= 0.6 is 0 Å². The highest BCUT2D eigenvalue weighted by atomic mass is 16.3. The van der Waals surface area contributed by atoms with Crippen LogP contribution in [0.1, 0.15) is 59.9 Å². The van der Waals surface area contributed by atoms with Gasteiger partial charge in [0.15, 0.2) is 23.0 Å². The maximum absolute atomic E-state index is 11.0. The maximum atomic E-state index is 11.0. The molecule has 1 aliphatic rings. The average molecular weight is 526 g/mol. The fourth-order valence-corrected chi connectivity index (χ4v) is 5.49. The Morgan fingerprint density at radius 2 is 1.44 bits per heavy atom. The number of hydrogen-bond donors (Lipinski definition) is 6. The molecular formula is C33H35NO5. The highest BCUT2D eigenvalue weighted by molar-refractivity contribution is 6.03. The minimum atomic E-state index is -0.346. The predicted octanol–water partition coefficient (Wildman–Crippen LogP) is 6.75. The summed E-state index contributed by atoms with van der Waals surface area (Å²) < 4.78 is 0. The molecule has 6 nitrogen and oxygen atoms in total. The van der Waals surface area contributed by atoms with Gasteiger partial charge in [-0.1, -0.05) is 73.9 Å². The van der Waals surface area contributed by atoms with Gasteiger partial charge in [0, 0.05) is 18.2 Å². The molecule has 4 aromatic carbocycles. The summed E-state index contributed by atoms with van der Waals surface area (Å²) in [6.07, 6.45) is 11.1. The van der Waals surface area contributed by atoms with Gasteiger partial charge in [-0.3, -0.25) is 0 Å². The monoisotopic (exact) mass is 525 g/mol. The molecule has 5 rings (SSSR count). The van der Waals surface area contributed by atoms with Crippen LogP contribution in [0.15, 0.2) is 60.7 Å². The first-order chi connectivity index (χ1) is 18.9. The van der Waals surface area contributed by atoms with E-state index < -0.39 is 0 Å². The number of aromatic hydroxyl groups is 5. The lowest BCUT2D eigenvalue weighted by Gasteiger charge is -2.22. The summed E-state index contributed by atoms with van der Waals surface area (Å²) in [5.74, 6) is -1.17. The quantitative estimate of drug-likeness (QED) is 0.112. The van der Waals surface area contributed by atoms with E-state index >= 15 is 0 Å². The van der Waals surface area contributed by atoms with Crippen LogP contribution in [-0.2, 0) is 19.4 Å². The first-order valence-electron chi connectivity index (χ1n) is 13.6. The molecule has 0 atom stereocenters. The molecule has 39 heavy (non-hydrogen) atoms. The van der Waals surface area contributed by atoms with Gasteiger partial charge in [0.1, 0.15) is 5.75 Å². The highest BCUT2D eigenvalue weighted by Gasteiger charge is 2.20. The SMILES string of the molecule is Oc1ccc(C=Cc2c(CCc3ccc(CNC4CCCCC4)cc3)c(O)c(O)c3c(O)cccc23)cc1O. The molecular weight excluding hydrogens is 490 g/mol. The van der Waals surface area contributed by atoms with E-state index in [2.05, 4.69) is 29.6 Å². The lowest BCUT2D eigenvalue weighted by Crippen LogP contribution is -2.30. The summed E-state index contributed by atoms with van der Waals surface area (Å²) in [5.41, 5.74) is 4.23. The topological polar surface area (TPSA) is 113 Å². The number of benzene rings is 4. The highest BCUT2D eigenvalue weighted by Crippen LogP contribution is 2.45. The van der Waals surface area contributed by atoms with Crippen LogP contribution in [-0.4, -0.2) is 31.6 Å². The van der Waals surface area contributed by atoms with Crippen LogP contribution in [0, 0.1) is 0 Å². The second kappa shape index (κ2) is 11.7. The van der Waals surface area contributed by atoms with Crippen LogP contribution in [0.5, 0.6) is 28.7 Å². The van der Waals surface area contributed by atoms with Gasteiger partial charge in [-0.05, 0) is 71.5 Å². The molecule has 0 heterocycles. The van der Waals surface area contributed by atoms with Crippen molar-refractivity contribution in [3.63, 3.8) is 0 Å². The molecule has 6 heteroatoms. The van der Waals surface area contributed by atoms with Gasteiger partial charge in [0.2, 0.25) is 0 Å². The third-order valence-electron chi connectivity index (χ3n) is 7.73. The summed E-state index contributed by atoms with van der Waals surface area (Å²) in [6, 6.07) is 18.6. The van der Waals surface area contributed by atoms with Crippen LogP contribution in [0.25, 0.3) is 22.9 Å². The van der Waals surface area contributed by atoms with Gasteiger partial charge in [-0.2, -0.15) is 0 Å². The van der Waals surface area contributed by atoms with E-state index in [4.69, 9.17) is 0 Å². The third kappa shape index (κ3) is 5.96. The summed E-state index contributed by atoms with van der Waals surface area (Å²) in [6.45, 7) is 0.857. The van der Waals surface area contributed by atoms with Gasteiger partial charge in [-0.15, -0.1) is 0 Å². The summed E-state index contributed by atoms with van der Waals surface area (Å²) in [5, 5.41) is 56.2. The third-order valence-corrected chi connectivity index (χ3v) is 7.73. The Morgan fingerprint density at radius 1 is 0.692 bits per heavy atom. The largest absolute Gasteiger partial charge is 0.507 e. The molecule has 0 aliphatic heterocycles. The Morgan fingerprint density at radius 3 is 2.18 bits per heavy atom. The van der Waals surface area contributed by atoms with Crippen LogP contribution in [0.2, 0.25) is 0 Å². The Balaban J connectivity index is 1.40. The number of phenolic OH excluding ortho intramolecular Hbond substituents is 5. The zero-order valence-electron chi connectivity index (χ0n) is 21.9. The minimum Gasteiger partial charge on any atom is -0.507 e.